The number of benzene rings is 1. The second kappa shape index (κ2) is 5.56. The summed E-state index contributed by atoms with van der Waals surface area (Å²) in [7, 11) is 2.47. The van der Waals surface area contributed by atoms with Crippen molar-refractivity contribution in [2.24, 2.45) is 0 Å². The molecule has 0 bridgehead atoms. The van der Waals surface area contributed by atoms with Crippen molar-refractivity contribution in [1.82, 2.24) is 4.98 Å². The maximum absolute atomic E-state index is 13.0. The van der Waals surface area contributed by atoms with Gasteiger partial charge < -0.3 is 14.5 Å². The van der Waals surface area contributed by atoms with Crippen LogP contribution in [-0.4, -0.2) is 31.1 Å². The number of ether oxygens (including phenoxy) is 2. The Morgan fingerprint density at radius 1 is 1.05 bits per heavy atom. The lowest BCUT2D eigenvalue weighted by atomic mass is 10.0. The van der Waals surface area contributed by atoms with Gasteiger partial charge in [-0.3, -0.25) is 0 Å². The first-order valence-electron chi connectivity index (χ1n) is 5.72. The Hall–Kier alpha value is -2.63. The van der Waals surface area contributed by atoms with Crippen molar-refractivity contribution in [3.8, 4) is 11.1 Å². The fourth-order valence-electron chi connectivity index (χ4n) is 1.87. The molecule has 0 amide bonds. The number of halogens is 1. The number of hydrogen-bond acceptors (Lipinski definition) is 4. The molecule has 0 radical (unpaired) electrons. The van der Waals surface area contributed by atoms with E-state index < -0.39 is 17.8 Å². The van der Waals surface area contributed by atoms with E-state index in [9.17, 15) is 14.0 Å². The highest BCUT2D eigenvalue weighted by Crippen LogP contribution is 2.29. The van der Waals surface area contributed by atoms with Crippen molar-refractivity contribution in [2.45, 2.75) is 0 Å². The zero-order valence-corrected chi connectivity index (χ0v) is 10.9. The third-order valence-corrected chi connectivity index (χ3v) is 2.81. The zero-order chi connectivity index (χ0) is 14.7. The SMILES string of the molecule is COC(=O)c1c[nH]c(C(=O)OC)c1-c1ccc(F)cc1. The van der Waals surface area contributed by atoms with Crippen LogP contribution in [0, 0.1) is 5.82 Å². The van der Waals surface area contributed by atoms with Gasteiger partial charge in [0, 0.05) is 11.8 Å². The van der Waals surface area contributed by atoms with Gasteiger partial charge in [0.25, 0.3) is 0 Å². The molecule has 1 aromatic heterocycles. The number of aromatic amines is 1. The van der Waals surface area contributed by atoms with Crippen LogP contribution in [0.15, 0.2) is 30.5 Å². The van der Waals surface area contributed by atoms with Crippen LogP contribution < -0.4 is 0 Å². The van der Waals surface area contributed by atoms with Crippen molar-refractivity contribution >= 4 is 11.9 Å². The quantitative estimate of drug-likeness (QED) is 0.875. The molecule has 0 aliphatic rings. The van der Waals surface area contributed by atoms with Gasteiger partial charge >= 0.3 is 11.9 Å². The maximum Gasteiger partial charge on any atom is 0.355 e. The number of H-pyrrole nitrogens is 1. The molecule has 0 atom stereocenters. The van der Waals surface area contributed by atoms with E-state index in [1.54, 1.807) is 0 Å². The number of aromatic nitrogens is 1. The van der Waals surface area contributed by atoms with Gasteiger partial charge in [-0.25, -0.2) is 14.0 Å². The highest BCUT2D eigenvalue weighted by atomic mass is 19.1. The van der Waals surface area contributed by atoms with E-state index >= 15 is 0 Å². The third kappa shape index (κ3) is 2.40. The van der Waals surface area contributed by atoms with E-state index in [4.69, 9.17) is 0 Å². The number of esters is 2. The molecule has 20 heavy (non-hydrogen) atoms. The van der Waals surface area contributed by atoms with Crippen LogP contribution in [0.1, 0.15) is 20.8 Å². The van der Waals surface area contributed by atoms with Crippen LogP contribution in [0.3, 0.4) is 0 Å². The Bertz CT molecular complexity index is 612. The molecule has 0 fully saturated rings. The minimum Gasteiger partial charge on any atom is -0.465 e. The predicted molar refractivity (Wildman–Crippen MR) is 68.9 cm³/mol. The zero-order valence-electron chi connectivity index (χ0n) is 10.9. The largest absolute Gasteiger partial charge is 0.465 e. The number of carbonyl (C=O) groups is 2. The van der Waals surface area contributed by atoms with Crippen molar-refractivity contribution in [3.63, 3.8) is 0 Å². The molecule has 2 aromatic rings. The van der Waals surface area contributed by atoms with Crippen LogP contribution in [0.5, 0.6) is 0 Å². The van der Waals surface area contributed by atoms with Gasteiger partial charge in [-0.05, 0) is 17.7 Å². The summed E-state index contributed by atoms with van der Waals surface area (Å²) in [5.74, 6) is -1.64. The number of nitrogens with one attached hydrogen (secondary N) is 1. The highest BCUT2D eigenvalue weighted by Gasteiger charge is 2.23. The first-order chi connectivity index (χ1) is 9.58. The lowest BCUT2D eigenvalue weighted by molar-refractivity contribution is 0.0594. The summed E-state index contributed by atoms with van der Waals surface area (Å²) in [5, 5.41) is 0. The van der Waals surface area contributed by atoms with E-state index in [0.717, 1.165) is 0 Å². The monoisotopic (exact) mass is 277 g/mol. The fraction of sp³-hybridized carbons (Fsp3) is 0.143. The van der Waals surface area contributed by atoms with E-state index in [2.05, 4.69) is 14.5 Å². The molecule has 0 aliphatic heterocycles. The number of carbonyl (C=O) groups excluding carboxylic acids is 2. The summed E-state index contributed by atoms with van der Waals surface area (Å²) in [4.78, 5) is 26.1. The van der Waals surface area contributed by atoms with Gasteiger partial charge in [-0.1, -0.05) is 12.1 Å². The standard InChI is InChI=1S/C14H12FNO4/c1-19-13(17)10-7-16-12(14(18)20-2)11(10)8-3-5-9(15)6-4-8/h3-7,16H,1-2H3. The van der Waals surface area contributed by atoms with Gasteiger partial charge in [0.2, 0.25) is 0 Å². The molecule has 6 heteroatoms. The molecule has 0 spiro atoms. The molecule has 1 aromatic carbocycles. The lowest BCUT2D eigenvalue weighted by Crippen LogP contribution is -2.06. The van der Waals surface area contributed by atoms with Crippen LogP contribution in [0.25, 0.3) is 11.1 Å². The molecule has 0 unspecified atom stereocenters. The Morgan fingerprint density at radius 2 is 1.65 bits per heavy atom. The topological polar surface area (TPSA) is 68.4 Å². The summed E-state index contributed by atoms with van der Waals surface area (Å²) < 4.78 is 22.3. The molecule has 5 nitrogen and oxygen atoms in total. The van der Waals surface area contributed by atoms with E-state index in [1.807, 2.05) is 0 Å². The highest BCUT2D eigenvalue weighted by molar-refractivity contribution is 6.05. The Labute approximate surface area is 114 Å². The first-order valence-corrected chi connectivity index (χ1v) is 5.72. The average Bonchev–Trinajstić information content (AvgIpc) is 2.91. The van der Waals surface area contributed by atoms with Gasteiger partial charge in [0.15, 0.2) is 0 Å². The van der Waals surface area contributed by atoms with Gasteiger partial charge in [0.1, 0.15) is 11.5 Å². The number of methoxy groups -OCH3 is 2. The van der Waals surface area contributed by atoms with Crippen LogP contribution >= 0.6 is 0 Å². The molecule has 1 N–H and O–H groups in total. The average molecular weight is 277 g/mol. The van der Waals surface area contributed by atoms with Crippen molar-refractivity contribution in [1.29, 1.82) is 0 Å². The molecule has 0 saturated carbocycles. The van der Waals surface area contributed by atoms with Crippen molar-refractivity contribution in [3.05, 3.63) is 47.5 Å². The third-order valence-electron chi connectivity index (χ3n) is 2.81. The second-order valence-corrected chi connectivity index (χ2v) is 3.94. The molecule has 0 saturated heterocycles. The summed E-state index contributed by atoms with van der Waals surface area (Å²) >= 11 is 0. The number of hydrogen-bond donors (Lipinski definition) is 1. The van der Waals surface area contributed by atoms with E-state index in [-0.39, 0.29) is 11.3 Å². The smallest absolute Gasteiger partial charge is 0.355 e. The predicted octanol–water partition coefficient (Wildman–Crippen LogP) is 2.39. The normalized spacial score (nSPS) is 10.2. The molecule has 1 heterocycles. The summed E-state index contributed by atoms with van der Waals surface area (Å²) in [5.41, 5.74) is 1.12. The van der Waals surface area contributed by atoms with Gasteiger partial charge in [-0.15, -0.1) is 0 Å². The Balaban J connectivity index is 2.63. The molecular weight excluding hydrogens is 265 g/mol. The second-order valence-electron chi connectivity index (χ2n) is 3.94. The van der Waals surface area contributed by atoms with E-state index in [0.29, 0.717) is 11.1 Å². The molecule has 2 rings (SSSR count). The van der Waals surface area contributed by atoms with E-state index in [1.165, 1.54) is 44.7 Å². The summed E-state index contributed by atoms with van der Waals surface area (Å²) in [6, 6.07) is 5.42. The Kier molecular flexibility index (Phi) is 3.84. The van der Waals surface area contributed by atoms with Gasteiger partial charge in [-0.2, -0.15) is 0 Å². The fourth-order valence-corrected chi connectivity index (χ4v) is 1.87. The lowest BCUT2D eigenvalue weighted by Gasteiger charge is -2.06. The van der Waals surface area contributed by atoms with Crippen molar-refractivity contribution < 1.29 is 23.5 Å². The van der Waals surface area contributed by atoms with Crippen LogP contribution in [-0.2, 0) is 9.47 Å². The van der Waals surface area contributed by atoms with Crippen LogP contribution in [0.2, 0.25) is 0 Å². The summed E-state index contributed by atoms with van der Waals surface area (Å²) in [6.07, 6.45) is 1.36. The van der Waals surface area contributed by atoms with Gasteiger partial charge in [0.05, 0.1) is 19.8 Å². The Morgan fingerprint density at radius 3 is 2.20 bits per heavy atom. The minimum atomic E-state index is -0.625. The minimum absolute atomic E-state index is 0.111. The van der Waals surface area contributed by atoms with Crippen molar-refractivity contribution in [2.75, 3.05) is 14.2 Å². The summed E-state index contributed by atoms with van der Waals surface area (Å²) in [6.45, 7) is 0. The molecule has 104 valence electrons. The molecule has 0 aliphatic carbocycles. The number of rotatable bonds is 3. The maximum atomic E-state index is 13.0. The molecular formula is C14H12FNO4. The van der Waals surface area contributed by atoms with Crippen LogP contribution in [0.4, 0.5) is 4.39 Å². The first kappa shape index (κ1) is 13.8.